The normalized spacial score (nSPS) is 13.8. The molecule has 1 aromatic heterocycles. The molecule has 0 radical (unpaired) electrons. The summed E-state index contributed by atoms with van der Waals surface area (Å²) >= 11 is 1.44. The third-order valence-electron chi connectivity index (χ3n) is 6.11. The van der Waals surface area contributed by atoms with Gasteiger partial charge in [0.1, 0.15) is 0 Å². The Morgan fingerprint density at radius 2 is 1.75 bits per heavy atom. The highest BCUT2D eigenvalue weighted by Gasteiger charge is 2.16. The summed E-state index contributed by atoms with van der Waals surface area (Å²) < 4.78 is 5.43. The molecule has 8 nitrogen and oxygen atoms in total. The molecule has 1 aliphatic rings. The Morgan fingerprint density at radius 3 is 2.44 bits per heavy atom. The zero-order chi connectivity index (χ0) is 25.2. The van der Waals surface area contributed by atoms with Crippen LogP contribution < -0.4 is 16.4 Å². The van der Waals surface area contributed by atoms with Gasteiger partial charge in [0.05, 0.1) is 24.6 Å². The number of nitrogen functional groups attached to an aromatic ring is 1. The first-order chi connectivity index (χ1) is 17.6. The van der Waals surface area contributed by atoms with Gasteiger partial charge in [-0.2, -0.15) is 0 Å². The van der Waals surface area contributed by atoms with E-state index in [4.69, 9.17) is 10.5 Å². The predicted octanol–water partition coefficient (Wildman–Crippen LogP) is 4.02. The summed E-state index contributed by atoms with van der Waals surface area (Å²) in [6, 6.07) is 17.1. The second kappa shape index (κ2) is 13.1. The highest BCUT2D eigenvalue weighted by molar-refractivity contribution is 7.09. The molecule has 0 saturated carbocycles. The monoisotopic (exact) mass is 507 g/mol. The number of nitrogens with two attached hydrogens (primary N) is 1. The van der Waals surface area contributed by atoms with E-state index < -0.39 is 0 Å². The van der Waals surface area contributed by atoms with Crippen molar-refractivity contribution in [3.8, 4) is 0 Å². The summed E-state index contributed by atoms with van der Waals surface area (Å²) in [6.45, 7) is 5.89. The largest absolute Gasteiger partial charge is 0.396 e. The Morgan fingerprint density at radius 1 is 1.00 bits per heavy atom. The number of urea groups is 1. The summed E-state index contributed by atoms with van der Waals surface area (Å²) in [5, 5.41) is 9.48. The third-order valence-corrected chi connectivity index (χ3v) is 6.87. The molecule has 3 aromatic rings. The van der Waals surface area contributed by atoms with Gasteiger partial charge in [-0.3, -0.25) is 9.69 Å². The number of benzene rings is 2. The summed E-state index contributed by atoms with van der Waals surface area (Å²) in [4.78, 5) is 29.9. The Bertz CT molecular complexity index is 1110. The first kappa shape index (κ1) is 25.7. The van der Waals surface area contributed by atoms with Gasteiger partial charge in [0.15, 0.2) is 0 Å². The van der Waals surface area contributed by atoms with Gasteiger partial charge in [0, 0.05) is 55.6 Å². The molecule has 190 valence electrons. The highest BCUT2D eigenvalue weighted by atomic mass is 32.1. The number of ether oxygens (including phenoxy) is 1. The molecule has 0 aliphatic carbocycles. The fraction of sp³-hybridized carbons (Fsp3) is 0.333. The Balaban J connectivity index is 1.36. The molecule has 3 amide bonds. The van der Waals surface area contributed by atoms with E-state index in [1.807, 2.05) is 52.7 Å². The van der Waals surface area contributed by atoms with E-state index in [2.05, 4.69) is 15.5 Å². The van der Waals surface area contributed by atoms with Crippen molar-refractivity contribution in [3.05, 3.63) is 82.0 Å². The molecule has 0 bridgehead atoms. The maximum absolute atomic E-state index is 13.1. The zero-order valence-corrected chi connectivity index (χ0v) is 21.1. The number of hydrogen-bond acceptors (Lipinski definition) is 6. The third kappa shape index (κ3) is 7.55. The quantitative estimate of drug-likeness (QED) is 0.385. The van der Waals surface area contributed by atoms with Crippen molar-refractivity contribution in [1.29, 1.82) is 0 Å². The van der Waals surface area contributed by atoms with Gasteiger partial charge < -0.3 is 26.0 Å². The number of carbonyl (C=O) groups excluding carboxylic acids is 2. The van der Waals surface area contributed by atoms with Crippen LogP contribution in [0.3, 0.4) is 0 Å². The van der Waals surface area contributed by atoms with Gasteiger partial charge in [-0.05, 0) is 29.7 Å². The molecule has 0 atom stereocenters. The molecule has 2 aromatic carbocycles. The van der Waals surface area contributed by atoms with Crippen LogP contribution in [-0.4, -0.2) is 61.1 Å². The molecule has 0 unspecified atom stereocenters. The van der Waals surface area contributed by atoms with E-state index in [-0.39, 0.29) is 11.9 Å². The van der Waals surface area contributed by atoms with Gasteiger partial charge in [0.2, 0.25) is 0 Å². The minimum atomic E-state index is -0.213. The first-order valence-corrected chi connectivity index (χ1v) is 13.1. The number of carbonyl (C=O) groups is 2. The van der Waals surface area contributed by atoms with Crippen molar-refractivity contribution in [3.63, 3.8) is 0 Å². The van der Waals surface area contributed by atoms with Crippen molar-refractivity contribution >= 4 is 34.6 Å². The fourth-order valence-corrected chi connectivity index (χ4v) is 4.71. The van der Waals surface area contributed by atoms with Gasteiger partial charge in [-0.1, -0.05) is 42.5 Å². The van der Waals surface area contributed by atoms with Gasteiger partial charge in [-0.15, -0.1) is 11.3 Å². The van der Waals surface area contributed by atoms with Crippen LogP contribution in [0, 0.1) is 0 Å². The summed E-state index contributed by atoms with van der Waals surface area (Å²) in [5.41, 5.74) is 9.60. The number of nitrogens with one attached hydrogen (secondary N) is 2. The summed E-state index contributed by atoms with van der Waals surface area (Å²) in [7, 11) is 0. The van der Waals surface area contributed by atoms with Crippen molar-refractivity contribution in [2.75, 3.05) is 50.4 Å². The Hall–Kier alpha value is -3.40. The highest BCUT2D eigenvalue weighted by Crippen LogP contribution is 2.23. The number of hydrogen-bond donors (Lipinski definition) is 3. The van der Waals surface area contributed by atoms with Crippen molar-refractivity contribution in [1.82, 2.24) is 15.1 Å². The maximum Gasteiger partial charge on any atom is 0.317 e. The van der Waals surface area contributed by atoms with Crippen LogP contribution in [0.1, 0.15) is 27.9 Å². The SMILES string of the molecule is Nc1cscc1NC(=O)c1ccc(CN(CCCN2CCOCC2)C(=O)NCc2ccccc2)cc1. The van der Waals surface area contributed by atoms with Gasteiger partial charge in [-0.25, -0.2) is 4.79 Å². The number of nitrogens with zero attached hydrogens (tertiary/aromatic N) is 2. The average molecular weight is 508 g/mol. The minimum absolute atomic E-state index is 0.101. The second-order valence-corrected chi connectivity index (χ2v) is 9.51. The molecule has 0 spiro atoms. The van der Waals surface area contributed by atoms with Crippen LogP contribution in [0.4, 0.5) is 16.2 Å². The second-order valence-electron chi connectivity index (χ2n) is 8.77. The number of morpholine rings is 1. The minimum Gasteiger partial charge on any atom is -0.396 e. The fourth-order valence-electron chi connectivity index (χ4n) is 4.03. The first-order valence-electron chi connectivity index (χ1n) is 12.2. The molecule has 4 N–H and O–H groups in total. The van der Waals surface area contributed by atoms with Crippen LogP contribution in [0.15, 0.2) is 65.4 Å². The van der Waals surface area contributed by atoms with E-state index in [0.717, 1.165) is 50.4 Å². The average Bonchev–Trinajstić information content (AvgIpc) is 3.32. The molecule has 1 fully saturated rings. The number of thiophene rings is 1. The molecule has 1 aliphatic heterocycles. The van der Waals surface area contributed by atoms with E-state index >= 15 is 0 Å². The lowest BCUT2D eigenvalue weighted by atomic mass is 10.1. The van der Waals surface area contributed by atoms with Crippen LogP contribution in [0.25, 0.3) is 0 Å². The molecular weight excluding hydrogens is 474 g/mol. The molecular formula is C27H33N5O3S. The van der Waals surface area contributed by atoms with Crippen molar-refractivity contribution < 1.29 is 14.3 Å². The summed E-state index contributed by atoms with van der Waals surface area (Å²) in [5.74, 6) is -0.213. The maximum atomic E-state index is 13.1. The van der Waals surface area contributed by atoms with Crippen LogP contribution in [0.5, 0.6) is 0 Å². The smallest absolute Gasteiger partial charge is 0.317 e. The predicted molar refractivity (Wildman–Crippen MR) is 144 cm³/mol. The topological polar surface area (TPSA) is 99.9 Å². The molecule has 4 rings (SSSR count). The molecule has 2 heterocycles. The summed E-state index contributed by atoms with van der Waals surface area (Å²) in [6.07, 6.45) is 0.876. The lowest BCUT2D eigenvalue weighted by Gasteiger charge is -2.28. The molecule has 1 saturated heterocycles. The van der Waals surface area contributed by atoms with Crippen molar-refractivity contribution in [2.45, 2.75) is 19.5 Å². The van der Waals surface area contributed by atoms with Crippen LogP contribution >= 0.6 is 11.3 Å². The lowest BCUT2D eigenvalue weighted by molar-refractivity contribution is 0.0364. The van der Waals surface area contributed by atoms with E-state index in [0.29, 0.717) is 36.6 Å². The molecule has 36 heavy (non-hydrogen) atoms. The number of amides is 3. The molecule has 9 heteroatoms. The van der Waals surface area contributed by atoms with Crippen molar-refractivity contribution in [2.24, 2.45) is 0 Å². The van der Waals surface area contributed by atoms with E-state index in [9.17, 15) is 9.59 Å². The van der Waals surface area contributed by atoms with Gasteiger partial charge in [0.25, 0.3) is 5.91 Å². The Labute approximate surface area is 216 Å². The van der Waals surface area contributed by atoms with Crippen LogP contribution in [-0.2, 0) is 17.8 Å². The Kier molecular flexibility index (Phi) is 9.32. The van der Waals surface area contributed by atoms with E-state index in [1.54, 1.807) is 17.5 Å². The zero-order valence-electron chi connectivity index (χ0n) is 20.3. The standard InChI is InChI=1S/C27H33N5O3S/c28-24-19-36-20-25(24)30-26(33)23-9-7-22(8-10-23)18-32(12-4-11-31-13-15-35-16-14-31)27(34)29-17-21-5-2-1-3-6-21/h1-3,5-10,19-20H,4,11-18,28H2,(H,29,34)(H,30,33). The van der Waals surface area contributed by atoms with Crippen LogP contribution in [0.2, 0.25) is 0 Å². The van der Waals surface area contributed by atoms with Gasteiger partial charge >= 0.3 is 6.03 Å². The number of rotatable bonds is 10. The number of anilines is 2. The van der Waals surface area contributed by atoms with E-state index in [1.165, 1.54) is 11.3 Å². The lowest BCUT2D eigenvalue weighted by Crippen LogP contribution is -2.42.